The van der Waals surface area contributed by atoms with E-state index in [4.69, 9.17) is 19.9 Å². The predicted molar refractivity (Wildman–Crippen MR) is 77.1 cm³/mol. The molecule has 17 heavy (non-hydrogen) atoms. The third-order valence-corrected chi connectivity index (χ3v) is 3.71. The quantitative estimate of drug-likeness (QED) is 0.609. The lowest BCUT2D eigenvalue weighted by molar-refractivity contribution is -0.0531. The molecular weight excluding hydrogens is 401 g/mol. The molecule has 1 aromatic rings. The van der Waals surface area contributed by atoms with E-state index in [-0.39, 0.29) is 6.29 Å². The van der Waals surface area contributed by atoms with Gasteiger partial charge in [0.15, 0.2) is 6.29 Å². The summed E-state index contributed by atoms with van der Waals surface area (Å²) >= 11 is 5.60. The largest absolute Gasteiger partial charge is 0.491 e. The predicted octanol–water partition coefficient (Wildman–Crippen LogP) is 2.78. The standard InChI is InChI=1S/C11H13BrINO3/c12-7-5-8(13)11(14)9(6-7)15-2-1-10-16-3-4-17-10/h5-6,10H,1-4,14H2. The SMILES string of the molecule is Nc1c(I)cc(Br)cc1OCCC1OCCO1. The monoisotopic (exact) mass is 413 g/mol. The summed E-state index contributed by atoms with van der Waals surface area (Å²) in [7, 11) is 0. The molecule has 0 spiro atoms. The van der Waals surface area contributed by atoms with E-state index in [9.17, 15) is 0 Å². The fourth-order valence-electron chi connectivity index (χ4n) is 1.52. The number of hydrogen-bond donors (Lipinski definition) is 1. The molecule has 1 saturated heterocycles. The van der Waals surface area contributed by atoms with Crippen LogP contribution in [-0.2, 0) is 9.47 Å². The Morgan fingerprint density at radius 3 is 2.82 bits per heavy atom. The van der Waals surface area contributed by atoms with Crippen LogP contribution in [0.4, 0.5) is 5.69 Å². The van der Waals surface area contributed by atoms with Gasteiger partial charge in [0.1, 0.15) is 5.75 Å². The lowest BCUT2D eigenvalue weighted by Gasteiger charge is -2.13. The maximum Gasteiger partial charge on any atom is 0.161 e. The van der Waals surface area contributed by atoms with Crippen LogP contribution in [0, 0.1) is 3.57 Å². The van der Waals surface area contributed by atoms with Crippen LogP contribution in [0.25, 0.3) is 0 Å². The van der Waals surface area contributed by atoms with E-state index in [2.05, 4.69) is 38.5 Å². The Labute approximate surface area is 122 Å². The molecule has 6 heteroatoms. The third kappa shape index (κ3) is 3.70. The van der Waals surface area contributed by atoms with Gasteiger partial charge in [0, 0.05) is 14.5 Å². The number of hydrogen-bond acceptors (Lipinski definition) is 4. The second kappa shape index (κ2) is 6.21. The molecule has 4 nitrogen and oxygen atoms in total. The lowest BCUT2D eigenvalue weighted by Crippen LogP contribution is -2.13. The van der Waals surface area contributed by atoms with Gasteiger partial charge < -0.3 is 19.9 Å². The Bertz CT molecular complexity index is 397. The molecule has 2 N–H and O–H groups in total. The first kappa shape index (κ1) is 13.4. The van der Waals surface area contributed by atoms with E-state index in [1.165, 1.54) is 0 Å². The number of halogens is 2. The van der Waals surface area contributed by atoms with Gasteiger partial charge in [0.2, 0.25) is 0 Å². The highest BCUT2D eigenvalue weighted by Crippen LogP contribution is 2.31. The second-order valence-electron chi connectivity index (χ2n) is 3.61. The first-order valence-electron chi connectivity index (χ1n) is 5.27. The van der Waals surface area contributed by atoms with E-state index >= 15 is 0 Å². The van der Waals surface area contributed by atoms with Crippen molar-refractivity contribution in [1.29, 1.82) is 0 Å². The van der Waals surface area contributed by atoms with Crippen LogP contribution in [0.3, 0.4) is 0 Å². The van der Waals surface area contributed by atoms with Gasteiger partial charge in [0.25, 0.3) is 0 Å². The van der Waals surface area contributed by atoms with Crippen LogP contribution in [0.1, 0.15) is 6.42 Å². The van der Waals surface area contributed by atoms with Crippen molar-refractivity contribution in [2.45, 2.75) is 12.7 Å². The number of anilines is 1. The van der Waals surface area contributed by atoms with Crippen molar-refractivity contribution in [1.82, 2.24) is 0 Å². The van der Waals surface area contributed by atoms with Gasteiger partial charge in [-0.25, -0.2) is 0 Å². The lowest BCUT2D eigenvalue weighted by atomic mass is 10.3. The number of ether oxygens (including phenoxy) is 3. The zero-order valence-corrected chi connectivity index (χ0v) is 12.9. The Balaban J connectivity index is 1.89. The average molecular weight is 414 g/mol. The van der Waals surface area contributed by atoms with Crippen molar-refractivity contribution in [2.24, 2.45) is 0 Å². The molecule has 1 fully saturated rings. The van der Waals surface area contributed by atoms with Crippen molar-refractivity contribution < 1.29 is 14.2 Å². The van der Waals surface area contributed by atoms with Crippen LogP contribution in [0.2, 0.25) is 0 Å². The number of nitrogen functional groups attached to an aromatic ring is 1. The maximum atomic E-state index is 5.93. The minimum Gasteiger partial charge on any atom is -0.491 e. The van der Waals surface area contributed by atoms with E-state index in [1.807, 2.05) is 12.1 Å². The molecule has 1 aliphatic rings. The van der Waals surface area contributed by atoms with E-state index < -0.39 is 0 Å². The summed E-state index contributed by atoms with van der Waals surface area (Å²) in [5.41, 5.74) is 6.60. The average Bonchev–Trinajstić information content (AvgIpc) is 2.78. The molecule has 0 bridgehead atoms. The molecule has 0 aromatic heterocycles. The van der Waals surface area contributed by atoms with Crippen LogP contribution >= 0.6 is 38.5 Å². The van der Waals surface area contributed by atoms with Crippen LogP contribution in [0.15, 0.2) is 16.6 Å². The zero-order chi connectivity index (χ0) is 12.3. The fraction of sp³-hybridized carbons (Fsp3) is 0.455. The first-order valence-corrected chi connectivity index (χ1v) is 7.14. The molecule has 0 atom stereocenters. The third-order valence-electron chi connectivity index (χ3n) is 2.36. The highest BCUT2D eigenvalue weighted by Gasteiger charge is 2.16. The molecule has 0 aliphatic carbocycles. The van der Waals surface area contributed by atoms with Gasteiger partial charge in [0.05, 0.1) is 25.5 Å². The van der Waals surface area contributed by atoms with Gasteiger partial charge in [-0.1, -0.05) is 15.9 Å². The smallest absolute Gasteiger partial charge is 0.161 e. The Morgan fingerprint density at radius 1 is 1.41 bits per heavy atom. The molecule has 0 unspecified atom stereocenters. The summed E-state index contributed by atoms with van der Waals surface area (Å²) in [4.78, 5) is 0. The summed E-state index contributed by atoms with van der Waals surface area (Å²) in [5.74, 6) is 0.696. The molecule has 0 radical (unpaired) electrons. The van der Waals surface area contributed by atoms with Crippen molar-refractivity contribution in [3.05, 3.63) is 20.2 Å². The summed E-state index contributed by atoms with van der Waals surface area (Å²) < 4.78 is 18.2. The second-order valence-corrected chi connectivity index (χ2v) is 5.69. The topological polar surface area (TPSA) is 53.7 Å². The number of rotatable bonds is 4. The van der Waals surface area contributed by atoms with Gasteiger partial charge in [-0.05, 0) is 34.7 Å². The minimum atomic E-state index is -0.137. The Morgan fingerprint density at radius 2 is 2.12 bits per heavy atom. The van der Waals surface area contributed by atoms with Gasteiger partial charge in [-0.2, -0.15) is 0 Å². The van der Waals surface area contributed by atoms with Gasteiger partial charge in [-0.3, -0.25) is 0 Å². The molecule has 94 valence electrons. The first-order chi connectivity index (χ1) is 8.16. The van der Waals surface area contributed by atoms with Crippen molar-refractivity contribution in [3.8, 4) is 5.75 Å². The molecule has 1 aromatic carbocycles. The molecule has 1 aliphatic heterocycles. The molecule has 1 heterocycles. The Kier molecular flexibility index (Phi) is 4.89. The summed E-state index contributed by atoms with van der Waals surface area (Å²) in [6.07, 6.45) is 0.574. The van der Waals surface area contributed by atoms with E-state index in [0.717, 1.165) is 8.04 Å². The minimum absolute atomic E-state index is 0.137. The fourth-order valence-corrected chi connectivity index (χ4v) is 2.99. The van der Waals surface area contributed by atoms with Gasteiger partial charge in [-0.15, -0.1) is 0 Å². The highest BCUT2D eigenvalue weighted by molar-refractivity contribution is 14.1. The zero-order valence-electron chi connectivity index (χ0n) is 9.12. The van der Waals surface area contributed by atoms with Crippen molar-refractivity contribution in [3.63, 3.8) is 0 Å². The maximum absolute atomic E-state index is 5.93. The van der Waals surface area contributed by atoms with Crippen LogP contribution in [-0.4, -0.2) is 26.1 Å². The number of benzene rings is 1. The molecule has 0 saturated carbocycles. The molecule has 2 rings (SSSR count). The highest BCUT2D eigenvalue weighted by atomic mass is 127. The summed E-state index contributed by atoms with van der Waals surface area (Å²) in [6.45, 7) is 1.87. The van der Waals surface area contributed by atoms with E-state index in [0.29, 0.717) is 37.7 Å². The van der Waals surface area contributed by atoms with Gasteiger partial charge >= 0.3 is 0 Å². The number of nitrogens with two attached hydrogens (primary N) is 1. The summed E-state index contributed by atoms with van der Waals surface area (Å²) in [5, 5.41) is 0. The normalized spacial score (nSPS) is 16.4. The molecule has 0 amide bonds. The van der Waals surface area contributed by atoms with E-state index in [1.54, 1.807) is 0 Å². The molecular formula is C11H13BrINO3. The Hall–Kier alpha value is -0.0500. The van der Waals surface area contributed by atoms with Crippen LogP contribution < -0.4 is 10.5 Å². The van der Waals surface area contributed by atoms with Crippen LogP contribution in [0.5, 0.6) is 5.75 Å². The van der Waals surface area contributed by atoms with Crippen molar-refractivity contribution in [2.75, 3.05) is 25.6 Å². The summed E-state index contributed by atoms with van der Waals surface area (Å²) in [6, 6.07) is 3.82. The van der Waals surface area contributed by atoms with Crippen molar-refractivity contribution >= 4 is 44.2 Å².